The van der Waals surface area contributed by atoms with Crippen molar-refractivity contribution in [3.63, 3.8) is 0 Å². The van der Waals surface area contributed by atoms with Gasteiger partial charge in [0.1, 0.15) is 0 Å². The monoisotopic (exact) mass is 336 g/mol. The summed E-state index contributed by atoms with van der Waals surface area (Å²) in [6.07, 6.45) is 3.31. The van der Waals surface area contributed by atoms with Gasteiger partial charge in [0.05, 0.1) is 11.5 Å². The standard InChI is InChI=1S/C17H24N2O3S/c20-17-4-1-9-19(17)12-15-7-5-14(6-8-15)11-18-16-3-2-10-23(21,22)13-16/h5-8,16,18H,1-4,9-13H2. The fourth-order valence-corrected chi connectivity index (χ4v) is 4.97. The second kappa shape index (κ2) is 7.01. The zero-order valence-corrected chi connectivity index (χ0v) is 14.1. The minimum absolute atomic E-state index is 0.0654. The lowest BCUT2D eigenvalue weighted by molar-refractivity contribution is -0.128. The molecule has 23 heavy (non-hydrogen) atoms. The Labute approximate surface area is 138 Å². The van der Waals surface area contributed by atoms with Crippen molar-refractivity contribution in [2.75, 3.05) is 18.1 Å². The topological polar surface area (TPSA) is 66.5 Å². The molecule has 0 aromatic heterocycles. The van der Waals surface area contributed by atoms with Gasteiger partial charge in [-0.3, -0.25) is 4.79 Å². The first-order chi connectivity index (χ1) is 11.0. The molecule has 2 aliphatic heterocycles. The predicted octanol–water partition coefficient (Wildman–Crippen LogP) is 1.48. The van der Waals surface area contributed by atoms with E-state index in [1.54, 1.807) is 0 Å². The third-order valence-corrected chi connectivity index (χ3v) is 6.45. The maximum Gasteiger partial charge on any atom is 0.222 e. The zero-order chi connectivity index (χ0) is 16.3. The van der Waals surface area contributed by atoms with Crippen LogP contribution in [0.3, 0.4) is 0 Å². The van der Waals surface area contributed by atoms with Gasteiger partial charge in [0, 0.05) is 32.1 Å². The van der Waals surface area contributed by atoms with Crippen molar-refractivity contribution in [1.29, 1.82) is 0 Å². The fraction of sp³-hybridized carbons (Fsp3) is 0.588. The molecule has 0 spiro atoms. The third kappa shape index (κ3) is 4.54. The molecule has 1 atom stereocenters. The molecule has 2 fully saturated rings. The van der Waals surface area contributed by atoms with Gasteiger partial charge >= 0.3 is 0 Å². The van der Waals surface area contributed by atoms with Crippen LogP contribution in [0.25, 0.3) is 0 Å². The average Bonchev–Trinajstić information content (AvgIpc) is 2.91. The average molecular weight is 336 g/mol. The van der Waals surface area contributed by atoms with Gasteiger partial charge < -0.3 is 10.2 Å². The summed E-state index contributed by atoms with van der Waals surface area (Å²) in [5, 5.41) is 3.35. The number of carbonyl (C=O) groups excluding carboxylic acids is 1. The van der Waals surface area contributed by atoms with Crippen LogP contribution >= 0.6 is 0 Å². The summed E-state index contributed by atoms with van der Waals surface area (Å²) < 4.78 is 23.3. The summed E-state index contributed by atoms with van der Waals surface area (Å²) in [6.45, 7) is 2.23. The lowest BCUT2D eigenvalue weighted by atomic mass is 10.1. The number of hydrogen-bond acceptors (Lipinski definition) is 4. The van der Waals surface area contributed by atoms with Crippen LogP contribution in [0.4, 0.5) is 0 Å². The summed E-state index contributed by atoms with van der Waals surface area (Å²) >= 11 is 0. The van der Waals surface area contributed by atoms with Crippen LogP contribution in [0.15, 0.2) is 24.3 Å². The van der Waals surface area contributed by atoms with Gasteiger partial charge in [0.15, 0.2) is 9.84 Å². The molecule has 2 saturated heterocycles. The van der Waals surface area contributed by atoms with Crippen LogP contribution in [0.5, 0.6) is 0 Å². The maximum atomic E-state index is 11.6. The Hall–Kier alpha value is -1.40. The zero-order valence-electron chi connectivity index (χ0n) is 13.3. The Morgan fingerprint density at radius 1 is 1.13 bits per heavy atom. The second-order valence-electron chi connectivity index (χ2n) is 6.57. The van der Waals surface area contributed by atoms with E-state index in [1.807, 2.05) is 4.90 Å². The Kier molecular flexibility index (Phi) is 5.02. The molecule has 3 rings (SSSR count). The molecule has 2 aliphatic rings. The second-order valence-corrected chi connectivity index (χ2v) is 8.80. The van der Waals surface area contributed by atoms with Crippen molar-refractivity contribution in [3.05, 3.63) is 35.4 Å². The normalized spacial score (nSPS) is 24.1. The minimum Gasteiger partial charge on any atom is -0.338 e. The van der Waals surface area contributed by atoms with Gasteiger partial charge in [-0.15, -0.1) is 0 Å². The fourth-order valence-electron chi connectivity index (χ4n) is 3.30. The van der Waals surface area contributed by atoms with Crippen molar-refractivity contribution in [1.82, 2.24) is 10.2 Å². The number of carbonyl (C=O) groups is 1. The molecule has 1 aromatic rings. The molecule has 6 heteroatoms. The van der Waals surface area contributed by atoms with Gasteiger partial charge in [-0.2, -0.15) is 0 Å². The molecule has 0 saturated carbocycles. The maximum absolute atomic E-state index is 11.6. The molecule has 2 heterocycles. The van der Waals surface area contributed by atoms with Crippen molar-refractivity contribution >= 4 is 15.7 Å². The summed E-state index contributed by atoms with van der Waals surface area (Å²) in [6, 6.07) is 8.29. The number of nitrogens with one attached hydrogen (secondary N) is 1. The Balaban J connectivity index is 1.50. The van der Waals surface area contributed by atoms with E-state index < -0.39 is 9.84 Å². The van der Waals surface area contributed by atoms with Crippen LogP contribution < -0.4 is 5.32 Å². The molecule has 126 valence electrons. The summed E-state index contributed by atoms with van der Waals surface area (Å²) in [7, 11) is -2.86. The summed E-state index contributed by atoms with van der Waals surface area (Å²) in [5.74, 6) is 0.825. The smallest absolute Gasteiger partial charge is 0.222 e. The van der Waals surface area contributed by atoms with Crippen molar-refractivity contribution in [2.24, 2.45) is 0 Å². The lowest BCUT2D eigenvalue weighted by Gasteiger charge is -2.23. The highest BCUT2D eigenvalue weighted by molar-refractivity contribution is 7.91. The molecule has 0 aliphatic carbocycles. The van der Waals surface area contributed by atoms with Gasteiger partial charge in [0.25, 0.3) is 0 Å². The van der Waals surface area contributed by atoms with Crippen LogP contribution in [0, 0.1) is 0 Å². The number of likely N-dealkylation sites (tertiary alicyclic amines) is 1. The Morgan fingerprint density at radius 2 is 1.87 bits per heavy atom. The molecule has 1 unspecified atom stereocenters. The number of amides is 1. The highest BCUT2D eigenvalue weighted by Crippen LogP contribution is 2.16. The van der Waals surface area contributed by atoms with E-state index in [-0.39, 0.29) is 17.7 Å². The first kappa shape index (κ1) is 16.5. The van der Waals surface area contributed by atoms with E-state index in [4.69, 9.17) is 0 Å². The van der Waals surface area contributed by atoms with Crippen molar-refractivity contribution < 1.29 is 13.2 Å². The van der Waals surface area contributed by atoms with E-state index in [1.165, 1.54) is 0 Å². The lowest BCUT2D eigenvalue weighted by Crippen LogP contribution is -2.39. The molecule has 0 radical (unpaired) electrons. The predicted molar refractivity (Wildman–Crippen MR) is 89.6 cm³/mol. The quantitative estimate of drug-likeness (QED) is 0.884. The number of hydrogen-bond donors (Lipinski definition) is 1. The first-order valence-corrected chi connectivity index (χ1v) is 10.1. The van der Waals surface area contributed by atoms with Crippen molar-refractivity contribution in [3.8, 4) is 0 Å². The third-order valence-electron chi connectivity index (χ3n) is 4.63. The number of rotatable bonds is 5. The van der Waals surface area contributed by atoms with Crippen LogP contribution in [-0.2, 0) is 27.7 Å². The molecule has 1 N–H and O–H groups in total. The van der Waals surface area contributed by atoms with Gasteiger partial charge in [-0.25, -0.2) is 8.42 Å². The van der Waals surface area contributed by atoms with E-state index in [0.29, 0.717) is 25.3 Å². The van der Waals surface area contributed by atoms with E-state index in [2.05, 4.69) is 29.6 Å². The largest absolute Gasteiger partial charge is 0.338 e. The van der Waals surface area contributed by atoms with E-state index in [0.717, 1.165) is 36.9 Å². The molecule has 1 aromatic carbocycles. The van der Waals surface area contributed by atoms with Gasteiger partial charge in [-0.1, -0.05) is 24.3 Å². The highest BCUT2D eigenvalue weighted by Gasteiger charge is 2.24. The Bertz CT molecular complexity index is 655. The Morgan fingerprint density at radius 3 is 2.52 bits per heavy atom. The minimum atomic E-state index is -2.86. The number of benzene rings is 1. The van der Waals surface area contributed by atoms with Crippen LogP contribution in [-0.4, -0.2) is 43.3 Å². The highest BCUT2D eigenvalue weighted by atomic mass is 32.2. The van der Waals surface area contributed by atoms with Gasteiger partial charge in [0.2, 0.25) is 5.91 Å². The summed E-state index contributed by atoms with van der Waals surface area (Å²) in [4.78, 5) is 13.5. The molecule has 0 bridgehead atoms. The SMILES string of the molecule is O=C1CCCN1Cc1ccc(CNC2CCCS(=O)(=O)C2)cc1. The van der Waals surface area contributed by atoms with E-state index >= 15 is 0 Å². The molecular formula is C17H24N2O3S. The van der Waals surface area contributed by atoms with E-state index in [9.17, 15) is 13.2 Å². The summed E-state index contributed by atoms with van der Waals surface area (Å²) in [5.41, 5.74) is 2.29. The molecule has 5 nitrogen and oxygen atoms in total. The number of nitrogens with zero attached hydrogens (tertiary/aromatic N) is 1. The van der Waals surface area contributed by atoms with Gasteiger partial charge in [-0.05, 0) is 30.4 Å². The molecule has 1 amide bonds. The number of sulfone groups is 1. The first-order valence-electron chi connectivity index (χ1n) is 8.31. The molecular weight excluding hydrogens is 312 g/mol. The van der Waals surface area contributed by atoms with Crippen LogP contribution in [0.2, 0.25) is 0 Å². The van der Waals surface area contributed by atoms with Crippen molar-refractivity contribution in [2.45, 2.75) is 44.8 Å². The van der Waals surface area contributed by atoms with Crippen LogP contribution in [0.1, 0.15) is 36.8 Å².